The summed E-state index contributed by atoms with van der Waals surface area (Å²) in [7, 11) is 0. The van der Waals surface area contributed by atoms with E-state index >= 15 is 0 Å². The van der Waals surface area contributed by atoms with E-state index in [2.05, 4.69) is 10.6 Å². The molecule has 2 aliphatic rings. The molecule has 122 valence electrons. The fourth-order valence-corrected chi connectivity index (χ4v) is 3.47. The normalized spacial score (nSPS) is 19.3. The van der Waals surface area contributed by atoms with Crippen LogP contribution in [0.5, 0.6) is 0 Å². The first-order chi connectivity index (χ1) is 10.9. The molecular formula is C17H21N3O3. The molecule has 0 aromatic heterocycles. The maximum atomic E-state index is 12.5. The topological polar surface area (TPSA) is 78.5 Å². The van der Waals surface area contributed by atoms with Crippen molar-refractivity contribution in [1.82, 2.24) is 10.2 Å². The van der Waals surface area contributed by atoms with Gasteiger partial charge < -0.3 is 10.6 Å². The van der Waals surface area contributed by atoms with Crippen LogP contribution in [-0.2, 0) is 9.59 Å². The highest BCUT2D eigenvalue weighted by atomic mass is 16.2. The summed E-state index contributed by atoms with van der Waals surface area (Å²) in [5.74, 6) is -0.627. The predicted octanol–water partition coefficient (Wildman–Crippen LogP) is 2.11. The summed E-state index contributed by atoms with van der Waals surface area (Å²) in [6.07, 6.45) is 3.17. The highest BCUT2D eigenvalue weighted by Gasteiger charge is 2.52. The number of rotatable bonds is 3. The van der Waals surface area contributed by atoms with Gasteiger partial charge in [0, 0.05) is 5.69 Å². The second kappa shape index (κ2) is 5.68. The van der Waals surface area contributed by atoms with Crippen LogP contribution in [0.2, 0.25) is 0 Å². The fourth-order valence-electron chi connectivity index (χ4n) is 3.47. The Hall–Kier alpha value is -2.37. The maximum Gasteiger partial charge on any atom is 0.325 e. The van der Waals surface area contributed by atoms with Crippen LogP contribution >= 0.6 is 0 Å². The van der Waals surface area contributed by atoms with E-state index in [0.29, 0.717) is 12.8 Å². The summed E-state index contributed by atoms with van der Waals surface area (Å²) in [5.41, 5.74) is 1.86. The van der Waals surface area contributed by atoms with Crippen molar-refractivity contribution in [2.45, 2.75) is 45.1 Å². The number of para-hydroxylation sites is 1. The van der Waals surface area contributed by atoms with Gasteiger partial charge in [-0.1, -0.05) is 31.0 Å². The summed E-state index contributed by atoms with van der Waals surface area (Å²) < 4.78 is 0. The van der Waals surface area contributed by atoms with Crippen LogP contribution in [0.3, 0.4) is 0 Å². The van der Waals surface area contributed by atoms with Crippen molar-refractivity contribution in [2.75, 3.05) is 11.9 Å². The number of hydrogen-bond acceptors (Lipinski definition) is 3. The largest absolute Gasteiger partial charge is 0.325 e. The van der Waals surface area contributed by atoms with Crippen molar-refractivity contribution < 1.29 is 14.4 Å². The van der Waals surface area contributed by atoms with Gasteiger partial charge in [0.25, 0.3) is 5.91 Å². The Morgan fingerprint density at radius 2 is 1.83 bits per heavy atom. The third-order valence-electron chi connectivity index (χ3n) is 4.75. The monoisotopic (exact) mass is 315 g/mol. The molecule has 0 unspecified atom stereocenters. The Balaban J connectivity index is 1.71. The second-order valence-corrected chi connectivity index (χ2v) is 6.43. The Morgan fingerprint density at radius 1 is 1.22 bits per heavy atom. The van der Waals surface area contributed by atoms with E-state index in [1.54, 1.807) is 0 Å². The van der Waals surface area contributed by atoms with Crippen molar-refractivity contribution in [3.05, 3.63) is 29.3 Å². The molecule has 1 saturated carbocycles. The average Bonchev–Trinajstić information content (AvgIpc) is 3.05. The highest BCUT2D eigenvalue weighted by molar-refractivity contribution is 6.10. The van der Waals surface area contributed by atoms with Crippen LogP contribution in [-0.4, -0.2) is 34.8 Å². The van der Waals surface area contributed by atoms with Crippen LogP contribution in [0.15, 0.2) is 18.2 Å². The van der Waals surface area contributed by atoms with Gasteiger partial charge in [0.15, 0.2) is 0 Å². The van der Waals surface area contributed by atoms with Gasteiger partial charge in [-0.3, -0.25) is 14.5 Å². The van der Waals surface area contributed by atoms with Gasteiger partial charge in [0.1, 0.15) is 12.1 Å². The third-order valence-corrected chi connectivity index (χ3v) is 4.75. The number of nitrogens with zero attached hydrogens (tertiary/aromatic N) is 1. The first-order valence-corrected chi connectivity index (χ1v) is 7.93. The van der Waals surface area contributed by atoms with E-state index in [4.69, 9.17) is 0 Å². The molecule has 0 bridgehead atoms. The standard InChI is InChI=1S/C17H21N3O3/c1-11-6-5-7-12(2)14(11)18-13(21)10-20-15(22)17(19-16(20)23)8-3-4-9-17/h5-7H,3-4,8-10H2,1-2H3,(H,18,21)(H,19,23). The minimum Gasteiger partial charge on any atom is -0.324 e. The summed E-state index contributed by atoms with van der Waals surface area (Å²) in [4.78, 5) is 37.9. The minimum atomic E-state index is -0.768. The molecule has 1 heterocycles. The molecule has 1 saturated heterocycles. The molecule has 3 rings (SSSR count). The van der Waals surface area contributed by atoms with Crippen molar-refractivity contribution >= 4 is 23.5 Å². The first-order valence-electron chi connectivity index (χ1n) is 7.93. The molecule has 4 amide bonds. The first kappa shape index (κ1) is 15.5. The van der Waals surface area contributed by atoms with Crippen molar-refractivity contribution in [3.8, 4) is 0 Å². The number of hydrogen-bond donors (Lipinski definition) is 2. The number of benzene rings is 1. The SMILES string of the molecule is Cc1cccc(C)c1NC(=O)CN1C(=O)NC2(CCCC2)C1=O. The fraction of sp³-hybridized carbons (Fsp3) is 0.471. The van der Waals surface area contributed by atoms with E-state index in [9.17, 15) is 14.4 Å². The molecule has 1 spiro atoms. The zero-order valence-corrected chi connectivity index (χ0v) is 13.4. The predicted molar refractivity (Wildman–Crippen MR) is 86.0 cm³/mol. The summed E-state index contributed by atoms with van der Waals surface area (Å²) >= 11 is 0. The lowest BCUT2D eigenvalue weighted by Gasteiger charge is -2.20. The molecule has 6 heteroatoms. The van der Waals surface area contributed by atoms with Gasteiger partial charge in [-0.15, -0.1) is 0 Å². The zero-order chi connectivity index (χ0) is 16.6. The molecule has 23 heavy (non-hydrogen) atoms. The summed E-state index contributed by atoms with van der Waals surface area (Å²) in [6, 6.07) is 5.27. The van der Waals surface area contributed by atoms with E-state index in [-0.39, 0.29) is 18.4 Å². The Labute approximate surface area is 135 Å². The van der Waals surface area contributed by atoms with Crippen LogP contribution in [0, 0.1) is 13.8 Å². The van der Waals surface area contributed by atoms with Gasteiger partial charge in [-0.2, -0.15) is 0 Å². The van der Waals surface area contributed by atoms with Crippen LogP contribution in [0.1, 0.15) is 36.8 Å². The quantitative estimate of drug-likeness (QED) is 0.839. The van der Waals surface area contributed by atoms with Crippen LogP contribution in [0.4, 0.5) is 10.5 Å². The van der Waals surface area contributed by atoms with Gasteiger partial charge in [0.2, 0.25) is 5.91 Å². The summed E-state index contributed by atoms with van der Waals surface area (Å²) in [6.45, 7) is 3.56. The number of aryl methyl sites for hydroxylation is 2. The molecule has 1 aliphatic carbocycles. The number of anilines is 1. The number of imide groups is 1. The Kier molecular flexibility index (Phi) is 3.83. The smallest absolute Gasteiger partial charge is 0.324 e. The molecule has 6 nitrogen and oxygen atoms in total. The molecule has 1 aliphatic heterocycles. The lowest BCUT2D eigenvalue weighted by molar-refractivity contribution is -0.133. The average molecular weight is 315 g/mol. The van der Waals surface area contributed by atoms with Crippen LogP contribution in [0.25, 0.3) is 0 Å². The Bertz CT molecular complexity index is 657. The number of carbonyl (C=O) groups excluding carboxylic acids is 3. The van der Waals surface area contributed by atoms with E-state index < -0.39 is 11.6 Å². The number of nitrogens with one attached hydrogen (secondary N) is 2. The molecule has 0 atom stereocenters. The lowest BCUT2D eigenvalue weighted by atomic mass is 9.98. The highest BCUT2D eigenvalue weighted by Crippen LogP contribution is 2.35. The lowest BCUT2D eigenvalue weighted by Crippen LogP contribution is -2.44. The van der Waals surface area contributed by atoms with E-state index in [0.717, 1.165) is 34.6 Å². The molecule has 2 N–H and O–H groups in total. The molecule has 1 aromatic carbocycles. The second-order valence-electron chi connectivity index (χ2n) is 6.43. The van der Waals surface area contributed by atoms with Crippen molar-refractivity contribution in [2.24, 2.45) is 0 Å². The molecular weight excluding hydrogens is 294 g/mol. The number of amides is 4. The number of urea groups is 1. The Morgan fingerprint density at radius 3 is 2.43 bits per heavy atom. The molecule has 1 aromatic rings. The van der Waals surface area contributed by atoms with Crippen molar-refractivity contribution in [1.29, 1.82) is 0 Å². The number of carbonyl (C=O) groups is 3. The summed E-state index contributed by atoms with van der Waals surface area (Å²) in [5, 5.41) is 5.59. The van der Waals surface area contributed by atoms with E-state index in [1.165, 1.54) is 0 Å². The van der Waals surface area contributed by atoms with Gasteiger partial charge in [0.05, 0.1) is 0 Å². The van der Waals surface area contributed by atoms with Gasteiger partial charge in [-0.05, 0) is 37.8 Å². The van der Waals surface area contributed by atoms with Gasteiger partial charge in [-0.25, -0.2) is 4.79 Å². The zero-order valence-electron chi connectivity index (χ0n) is 13.4. The third kappa shape index (κ3) is 2.69. The molecule has 2 fully saturated rings. The molecule has 0 radical (unpaired) electrons. The van der Waals surface area contributed by atoms with Gasteiger partial charge >= 0.3 is 6.03 Å². The van der Waals surface area contributed by atoms with Crippen molar-refractivity contribution in [3.63, 3.8) is 0 Å². The van der Waals surface area contributed by atoms with E-state index in [1.807, 2.05) is 32.0 Å². The maximum absolute atomic E-state index is 12.5. The van der Waals surface area contributed by atoms with Crippen LogP contribution < -0.4 is 10.6 Å². The minimum absolute atomic E-state index is 0.250.